The maximum Gasteiger partial charge on any atom is 0.0534 e. The zero-order chi connectivity index (χ0) is 12.4. The predicted molar refractivity (Wildman–Crippen MR) is 81.4 cm³/mol. The Morgan fingerprint density at radius 1 is 1.35 bits per heavy atom. The predicted octanol–water partition coefficient (Wildman–Crippen LogP) is 4.71. The summed E-state index contributed by atoms with van der Waals surface area (Å²) in [6.07, 6.45) is 1.26. The first kappa shape index (κ1) is 13.2. The van der Waals surface area contributed by atoms with Crippen molar-refractivity contribution in [3.8, 4) is 0 Å². The highest BCUT2D eigenvalue weighted by Gasteiger charge is 2.30. The van der Waals surface area contributed by atoms with Gasteiger partial charge in [-0.15, -0.1) is 0 Å². The van der Waals surface area contributed by atoms with Crippen LogP contribution in [0.2, 0.25) is 17.6 Å². The molecule has 1 N–H and O–H groups in total. The molecule has 1 aliphatic heterocycles. The molecular formula is C14H21BrNSi. The van der Waals surface area contributed by atoms with E-state index >= 15 is 0 Å². The highest BCUT2D eigenvalue weighted by Crippen LogP contribution is 2.36. The summed E-state index contributed by atoms with van der Waals surface area (Å²) >= 11 is 3.58. The molecule has 1 unspecified atom stereocenters. The lowest BCUT2D eigenvalue weighted by Gasteiger charge is -2.36. The summed E-state index contributed by atoms with van der Waals surface area (Å²) in [6.45, 7) is 7.08. The second-order valence-corrected chi connectivity index (χ2v) is 9.30. The topological polar surface area (TPSA) is 12.0 Å². The fourth-order valence-corrected chi connectivity index (χ4v) is 6.16. The van der Waals surface area contributed by atoms with Crippen LogP contribution in [-0.4, -0.2) is 14.8 Å². The smallest absolute Gasteiger partial charge is 0.0534 e. The molecule has 2 atom stereocenters. The summed E-state index contributed by atoms with van der Waals surface area (Å²) < 4.78 is 1.20. The van der Waals surface area contributed by atoms with Crippen LogP contribution in [0.1, 0.15) is 26.3 Å². The molecule has 93 valence electrons. The van der Waals surface area contributed by atoms with Crippen molar-refractivity contribution in [2.45, 2.75) is 50.9 Å². The molecule has 17 heavy (non-hydrogen) atoms. The number of halogens is 1. The Morgan fingerprint density at radius 2 is 2.06 bits per heavy atom. The second kappa shape index (κ2) is 5.57. The number of hydrogen-bond acceptors (Lipinski definition) is 1. The summed E-state index contributed by atoms with van der Waals surface area (Å²) in [6, 6.07) is 10.0. The van der Waals surface area contributed by atoms with Gasteiger partial charge in [0.15, 0.2) is 0 Å². The zero-order valence-electron chi connectivity index (χ0n) is 10.9. The van der Waals surface area contributed by atoms with Gasteiger partial charge in [0.25, 0.3) is 0 Å². The van der Waals surface area contributed by atoms with E-state index in [9.17, 15) is 0 Å². The molecule has 3 heteroatoms. The normalized spacial score (nSPS) is 23.4. The third-order valence-corrected chi connectivity index (χ3v) is 7.99. The SMILES string of the molecule is CC[Si](CC)[C@@H]1Cc2cc(Br)ccc2NC1C. The average Bonchev–Trinajstić information content (AvgIpc) is 2.32. The number of rotatable bonds is 3. The van der Waals surface area contributed by atoms with Crippen LogP contribution in [0.5, 0.6) is 0 Å². The lowest BCUT2D eigenvalue weighted by atomic mass is 9.98. The van der Waals surface area contributed by atoms with E-state index in [1.807, 2.05) is 0 Å². The minimum absolute atomic E-state index is 0.205. The fraction of sp³-hybridized carbons (Fsp3) is 0.571. The van der Waals surface area contributed by atoms with Gasteiger partial charge in [-0.05, 0) is 42.6 Å². The fourth-order valence-electron chi connectivity index (χ4n) is 2.90. The zero-order valence-corrected chi connectivity index (χ0v) is 13.5. The van der Waals surface area contributed by atoms with Gasteiger partial charge in [-0.25, -0.2) is 0 Å². The summed E-state index contributed by atoms with van der Waals surface area (Å²) in [7, 11) is -0.205. The first-order chi connectivity index (χ1) is 8.15. The number of hydrogen-bond donors (Lipinski definition) is 1. The van der Waals surface area contributed by atoms with Crippen LogP contribution in [-0.2, 0) is 6.42 Å². The van der Waals surface area contributed by atoms with E-state index in [-0.39, 0.29) is 8.80 Å². The molecule has 0 spiro atoms. The van der Waals surface area contributed by atoms with Gasteiger partial charge in [0.1, 0.15) is 0 Å². The van der Waals surface area contributed by atoms with Crippen molar-refractivity contribution in [3.63, 3.8) is 0 Å². The van der Waals surface area contributed by atoms with Crippen molar-refractivity contribution in [3.05, 3.63) is 28.2 Å². The van der Waals surface area contributed by atoms with Crippen LogP contribution in [0.4, 0.5) is 5.69 Å². The van der Waals surface area contributed by atoms with E-state index in [0.717, 1.165) is 5.54 Å². The minimum Gasteiger partial charge on any atom is -0.382 e. The molecule has 0 aliphatic carbocycles. The minimum atomic E-state index is -0.205. The van der Waals surface area contributed by atoms with E-state index in [1.54, 1.807) is 0 Å². The number of benzene rings is 1. The van der Waals surface area contributed by atoms with Gasteiger partial charge in [0, 0.05) is 16.2 Å². The van der Waals surface area contributed by atoms with Crippen molar-refractivity contribution in [1.29, 1.82) is 0 Å². The number of fused-ring (bicyclic) bond motifs is 1. The molecule has 1 aromatic rings. The largest absolute Gasteiger partial charge is 0.382 e. The molecule has 1 heterocycles. The van der Waals surface area contributed by atoms with Crippen LogP contribution in [0.15, 0.2) is 22.7 Å². The van der Waals surface area contributed by atoms with Gasteiger partial charge in [-0.2, -0.15) is 0 Å². The molecule has 0 saturated carbocycles. The second-order valence-electron chi connectivity index (χ2n) is 4.91. The first-order valence-corrected chi connectivity index (χ1v) is 9.33. The maximum atomic E-state index is 3.69. The number of nitrogens with one attached hydrogen (secondary N) is 1. The van der Waals surface area contributed by atoms with E-state index in [4.69, 9.17) is 0 Å². The van der Waals surface area contributed by atoms with Gasteiger partial charge in [0.2, 0.25) is 0 Å². The highest BCUT2D eigenvalue weighted by atomic mass is 79.9. The van der Waals surface area contributed by atoms with Crippen LogP contribution in [0.25, 0.3) is 0 Å². The Morgan fingerprint density at radius 3 is 2.71 bits per heavy atom. The van der Waals surface area contributed by atoms with E-state index < -0.39 is 0 Å². The Hall–Kier alpha value is -0.283. The molecule has 2 rings (SSSR count). The molecule has 0 bridgehead atoms. The summed E-state index contributed by atoms with van der Waals surface area (Å²) in [5.74, 6) is 0. The van der Waals surface area contributed by atoms with Gasteiger partial charge in [-0.1, -0.05) is 41.9 Å². The number of anilines is 1. The van der Waals surface area contributed by atoms with Crippen LogP contribution in [0, 0.1) is 0 Å². The molecule has 0 amide bonds. The summed E-state index contributed by atoms with van der Waals surface area (Å²) in [5.41, 5.74) is 3.70. The van der Waals surface area contributed by atoms with Gasteiger partial charge in [0.05, 0.1) is 8.80 Å². The van der Waals surface area contributed by atoms with E-state index in [0.29, 0.717) is 6.04 Å². The summed E-state index contributed by atoms with van der Waals surface area (Å²) in [4.78, 5) is 0. The third-order valence-electron chi connectivity index (χ3n) is 3.93. The Kier molecular flexibility index (Phi) is 4.31. The van der Waals surface area contributed by atoms with Crippen molar-refractivity contribution in [2.24, 2.45) is 0 Å². The van der Waals surface area contributed by atoms with Gasteiger partial charge in [-0.3, -0.25) is 0 Å². The molecule has 0 saturated heterocycles. The van der Waals surface area contributed by atoms with Gasteiger partial charge >= 0.3 is 0 Å². The summed E-state index contributed by atoms with van der Waals surface area (Å²) in [5, 5.41) is 3.69. The maximum absolute atomic E-state index is 3.69. The van der Waals surface area contributed by atoms with Crippen LogP contribution >= 0.6 is 15.9 Å². The standard InChI is InChI=1S/C14H21BrNSi/c1-4-17(5-2)14-9-11-8-12(15)6-7-13(11)16-10(14)3/h6-8,10,14,16H,4-5,9H2,1-3H3/t10?,14-/m1/s1. The van der Waals surface area contributed by atoms with Crippen molar-refractivity contribution in [1.82, 2.24) is 0 Å². The lowest BCUT2D eigenvalue weighted by Crippen LogP contribution is -2.37. The van der Waals surface area contributed by atoms with Crippen molar-refractivity contribution < 1.29 is 0 Å². The monoisotopic (exact) mass is 310 g/mol. The molecule has 0 aromatic heterocycles. The van der Waals surface area contributed by atoms with E-state index in [2.05, 4.69) is 60.2 Å². The van der Waals surface area contributed by atoms with E-state index in [1.165, 1.54) is 34.2 Å². The van der Waals surface area contributed by atoms with Crippen molar-refractivity contribution >= 4 is 30.4 Å². The quantitative estimate of drug-likeness (QED) is 0.797. The Balaban J connectivity index is 2.24. The third kappa shape index (κ3) is 2.76. The Bertz CT molecular complexity index is 390. The lowest BCUT2D eigenvalue weighted by molar-refractivity contribution is 0.659. The average molecular weight is 311 g/mol. The molecule has 1 aliphatic rings. The molecule has 1 radical (unpaired) electrons. The molecular weight excluding hydrogens is 290 g/mol. The first-order valence-electron chi connectivity index (χ1n) is 6.55. The van der Waals surface area contributed by atoms with Crippen molar-refractivity contribution in [2.75, 3.05) is 5.32 Å². The molecule has 1 nitrogen and oxygen atoms in total. The highest BCUT2D eigenvalue weighted by molar-refractivity contribution is 9.10. The van der Waals surface area contributed by atoms with Crippen LogP contribution < -0.4 is 5.32 Å². The van der Waals surface area contributed by atoms with Crippen LogP contribution in [0.3, 0.4) is 0 Å². The molecule has 1 aromatic carbocycles. The van der Waals surface area contributed by atoms with Gasteiger partial charge < -0.3 is 5.32 Å². The molecule has 0 fully saturated rings. The Labute approximate surface area is 115 Å².